The Labute approximate surface area is 99.8 Å². The first-order valence-corrected chi connectivity index (χ1v) is 5.98. The molecule has 0 aliphatic carbocycles. The molecule has 1 heterocycles. The van der Waals surface area contributed by atoms with E-state index >= 15 is 0 Å². The molecule has 0 saturated carbocycles. The van der Waals surface area contributed by atoms with Crippen LogP contribution in [0.25, 0.3) is 0 Å². The highest BCUT2D eigenvalue weighted by Gasteiger charge is 2.15. The number of carbonyl (C=O) groups excluding carboxylic acids is 1. The van der Waals surface area contributed by atoms with Crippen LogP contribution in [-0.2, 0) is 9.47 Å². The van der Waals surface area contributed by atoms with Crippen molar-refractivity contribution in [1.29, 1.82) is 0 Å². The average molecular weight is 243 g/mol. The van der Waals surface area contributed by atoms with Gasteiger partial charge in [-0.1, -0.05) is 6.07 Å². The molecule has 4 nitrogen and oxygen atoms in total. The van der Waals surface area contributed by atoms with Crippen LogP contribution in [0.1, 0.15) is 9.67 Å². The van der Waals surface area contributed by atoms with Crippen molar-refractivity contribution in [3.8, 4) is 0 Å². The summed E-state index contributed by atoms with van der Waals surface area (Å²) < 4.78 is 9.98. The van der Waals surface area contributed by atoms with Gasteiger partial charge in [-0.05, 0) is 11.4 Å². The molecule has 0 radical (unpaired) electrons. The van der Waals surface area contributed by atoms with Crippen molar-refractivity contribution < 1.29 is 14.3 Å². The molecule has 0 aliphatic rings. The van der Waals surface area contributed by atoms with E-state index in [1.54, 1.807) is 19.1 Å². The SMILES string of the molecule is COCCN(CCOC)C(=O)c1cccs1. The van der Waals surface area contributed by atoms with Crippen LogP contribution in [0.4, 0.5) is 0 Å². The predicted octanol–water partition coefficient (Wildman–Crippen LogP) is 1.48. The van der Waals surface area contributed by atoms with Crippen LogP contribution in [0.15, 0.2) is 17.5 Å². The lowest BCUT2D eigenvalue weighted by molar-refractivity contribution is 0.0632. The van der Waals surface area contributed by atoms with Crippen LogP contribution in [0.2, 0.25) is 0 Å². The number of nitrogens with zero attached hydrogens (tertiary/aromatic N) is 1. The van der Waals surface area contributed by atoms with Crippen LogP contribution in [-0.4, -0.2) is 51.3 Å². The molecule has 0 aliphatic heterocycles. The topological polar surface area (TPSA) is 38.8 Å². The van der Waals surface area contributed by atoms with Gasteiger partial charge in [0.25, 0.3) is 5.91 Å². The highest BCUT2D eigenvalue weighted by Crippen LogP contribution is 2.11. The lowest BCUT2D eigenvalue weighted by atomic mass is 10.4. The molecule has 0 bridgehead atoms. The lowest BCUT2D eigenvalue weighted by Gasteiger charge is -2.21. The van der Waals surface area contributed by atoms with Crippen LogP contribution < -0.4 is 0 Å². The summed E-state index contributed by atoms with van der Waals surface area (Å²) in [7, 11) is 3.26. The minimum absolute atomic E-state index is 0.0455. The van der Waals surface area contributed by atoms with E-state index in [2.05, 4.69) is 0 Å². The highest BCUT2D eigenvalue weighted by atomic mass is 32.1. The van der Waals surface area contributed by atoms with Gasteiger partial charge in [0.05, 0.1) is 18.1 Å². The molecule has 1 amide bonds. The number of methoxy groups -OCH3 is 2. The number of hydrogen-bond donors (Lipinski definition) is 0. The molecule has 0 saturated heterocycles. The van der Waals surface area contributed by atoms with Gasteiger partial charge >= 0.3 is 0 Å². The van der Waals surface area contributed by atoms with Gasteiger partial charge in [-0.2, -0.15) is 0 Å². The smallest absolute Gasteiger partial charge is 0.264 e. The fourth-order valence-corrected chi connectivity index (χ4v) is 1.96. The van der Waals surface area contributed by atoms with Crippen molar-refractivity contribution >= 4 is 17.2 Å². The Balaban J connectivity index is 2.56. The highest BCUT2D eigenvalue weighted by molar-refractivity contribution is 7.12. The maximum absolute atomic E-state index is 12.0. The van der Waals surface area contributed by atoms with E-state index in [9.17, 15) is 4.79 Å². The van der Waals surface area contributed by atoms with Crippen LogP contribution in [0.5, 0.6) is 0 Å². The minimum Gasteiger partial charge on any atom is -0.383 e. The number of hydrogen-bond acceptors (Lipinski definition) is 4. The Morgan fingerprint density at radius 3 is 2.38 bits per heavy atom. The summed E-state index contributed by atoms with van der Waals surface area (Å²) in [5, 5.41) is 1.90. The number of amides is 1. The molecular formula is C11H17NO3S. The van der Waals surface area contributed by atoms with Crippen molar-refractivity contribution in [1.82, 2.24) is 4.90 Å². The van der Waals surface area contributed by atoms with E-state index < -0.39 is 0 Å². The van der Waals surface area contributed by atoms with Crippen molar-refractivity contribution in [3.63, 3.8) is 0 Å². The summed E-state index contributed by atoms with van der Waals surface area (Å²) in [6.07, 6.45) is 0. The second kappa shape index (κ2) is 7.38. The third-order valence-electron chi connectivity index (χ3n) is 2.15. The van der Waals surface area contributed by atoms with E-state index in [0.717, 1.165) is 4.88 Å². The van der Waals surface area contributed by atoms with Gasteiger partial charge < -0.3 is 14.4 Å². The number of ether oxygens (including phenoxy) is 2. The van der Waals surface area contributed by atoms with Gasteiger partial charge in [-0.15, -0.1) is 11.3 Å². The van der Waals surface area contributed by atoms with Gasteiger partial charge in [0.2, 0.25) is 0 Å². The summed E-state index contributed by atoms with van der Waals surface area (Å²) in [4.78, 5) is 14.5. The molecule has 0 fully saturated rings. The monoisotopic (exact) mass is 243 g/mol. The second-order valence-electron chi connectivity index (χ2n) is 3.26. The molecule has 0 atom stereocenters. The van der Waals surface area contributed by atoms with Gasteiger partial charge in [-0.25, -0.2) is 0 Å². The molecular weight excluding hydrogens is 226 g/mol. The molecule has 1 aromatic rings. The number of rotatable bonds is 7. The first kappa shape index (κ1) is 13.2. The van der Waals surface area contributed by atoms with E-state index in [-0.39, 0.29) is 5.91 Å². The van der Waals surface area contributed by atoms with Crippen LogP contribution >= 0.6 is 11.3 Å². The zero-order valence-corrected chi connectivity index (χ0v) is 10.5. The summed E-state index contributed by atoms with van der Waals surface area (Å²) in [5.74, 6) is 0.0455. The Hall–Kier alpha value is -0.910. The van der Waals surface area contributed by atoms with Gasteiger partial charge in [0, 0.05) is 27.3 Å². The Bertz CT molecular complexity index is 292. The van der Waals surface area contributed by atoms with E-state index in [4.69, 9.17) is 9.47 Å². The molecule has 0 aromatic carbocycles. The fourth-order valence-electron chi connectivity index (χ4n) is 1.27. The number of carbonyl (C=O) groups is 1. The second-order valence-corrected chi connectivity index (χ2v) is 4.20. The molecule has 0 spiro atoms. The zero-order chi connectivity index (χ0) is 11.8. The standard InChI is InChI=1S/C11H17NO3S/c1-14-7-5-12(6-8-15-2)11(13)10-4-3-9-16-10/h3-4,9H,5-8H2,1-2H3. The normalized spacial score (nSPS) is 10.4. The zero-order valence-electron chi connectivity index (χ0n) is 9.64. The van der Waals surface area contributed by atoms with Crippen LogP contribution in [0, 0.1) is 0 Å². The molecule has 5 heteroatoms. The average Bonchev–Trinajstić information content (AvgIpc) is 2.82. The third kappa shape index (κ3) is 3.92. The molecule has 0 N–H and O–H groups in total. The largest absolute Gasteiger partial charge is 0.383 e. The first-order chi connectivity index (χ1) is 7.79. The van der Waals surface area contributed by atoms with Gasteiger partial charge in [-0.3, -0.25) is 4.79 Å². The maximum atomic E-state index is 12.0. The van der Waals surface area contributed by atoms with Gasteiger partial charge in [0.15, 0.2) is 0 Å². The summed E-state index contributed by atoms with van der Waals surface area (Å²) >= 11 is 1.45. The van der Waals surface area contributed by atoms with E-state index in [1.165, 1.54) is 11.3 Å². The van der Waals surface area contributed by atoms with Crippen molar-refractivity contribution in [2.24, 2.45) is 0 Å². The Morgan fingerprint density at radius 2 is 1.94 bits per heavy atom. The molecule has 90 valence electrons. The fraction of sp³-hybridized carbons (Fsp3) is 0.545. The van der Waals surface area contributed by atoms with Gasteiger partial charge in [0.1, 0.15) is 0 Å². The molecule has 16 heavy (non-hydrogen) atoms. The minimum atomic E-state index is 0.0455. The van der Waals surface area contributed by atoms with E-state index in [0.29, 0.717) is 26.3 Å². The van der Waals surface area contributed by atoms with Crippen molar-refractivity contribution in [3.05, 3.63) is 22.4 Å². The number of thiophene rings is 1. The van der Waals surface area contributed by atoms with Crippen molar-refractivity contribution in [2.75, 3.05) is 40.5 Å². The molecule has 0 unspecified atom stereocenters. The third-order valence-corrected chi connectivity index (χ3v) is 3.01. The maximum Gasteiger partial charge on any atom is 0.264 e. The van der Waals surface area contributed by atoms with E-state index in [1.807, 2.05) is 17.5 Å². The summed E-state index contributed by atoms with van der Waals surface area (Å²) in [6.45, 7) is 2.27. The summed E-state index contributed by atoms with van der Waals surface area (Å²) in [5.41, 5.74) is 0. The first-order valence-electron chi connectivity index (χ1n) is 5.10. The quantitative estimate of drug-likeness (QED) is 0.728. The Kier molecular flexibility index (Phi) is 6.07. The Morgan fingerprint density at radius 1 is 1.31 bits per heavy atom. The van der Waals surface area contributed by atoms with Crippen LogP contribution in [0.3, 0.4) is 0 Å². The van der Waals surface area contributed by atoms with Crippen molar-refractivity contribution in [2.45, 2.75) is 0 Å². The molecule has 1 aromatic heterocycles. The predicted molar refractivity (Wildman–Crippen MR) is 64.0 cm³/mol. The summed E-state index contributed by atoms with van der Waals surface area (Å²) in [6, 6.07) is 3.71. The lowest BCUT2D eigenvalue weighted by Crippen LogP contribution is -2.36. The molecule has 1 rings (SSSR count).